The van der Waals surface area contributed by atoms with E-state index in [-0.39, 0.29) is 12.1 Å². The minimum atomic E-state index is -0.0875. The summed E-state index contributed by atoms with van der Waals surface area (Å²) < 4.78 is 0. The molecule has 0 bridgehead atoms. The maximum Gasteiger partial charge on any atom is 0.314 e. The number of urea groups is 2. The Hall–Kier alpha value is -3.16. The van der Waals surface area contributed by atoms with E-state index in [1.807, 2.05) is 36.7 Å². The van der Waals surface area contributed by atoms with Crippen LogP contribution in [0.4, 0.5) is 9.59 Å². The summed E-state index contributed by atoms with van der Waals surface area (Å²) in [5.74, 6) is 0. The number of pyridine rings is 2. The van der Waals surface area contributed by atoms with Gasteiger partial charge in [0, 0.05) is 51.0 Å². The smallest absolute Gasteiger partial charge is 0.314 e. The maximum atomic E-state index is 11.8. The van der Waals surface area contributed by atoms with Crippen molar-refractivity contribution in [1.82, 2.24) is 31.2 Å². The SMILES string of the molecule is O=C(NCCCCCCCCCCCCNC(=O)NCCc1cccnc1)NCCc1cccnc1. The van der Waals surface area contributed by atoms with Gasteiger partial charge >= 0.3 is 12.1 Å². The van der Waals surface area contributed by atoms with E-state index in [1.54, 1.807) is 12.4 Å². The molecule has 0 unspecified atom stereocenters. The Morgan fingerprint density at radius 1 is 0.528 bits per heavy atom. The molecule has 0 radical (unpaired) electrons. The van der Waals surface area contributed by atoms with Crippen molar-refractivity contribution in [3.8, 4) is 0 Å². The van der Waals surface area contributed by atoms with Gasteiger partial charge in [0.05, 0.1) is 0 Å². The van der Waals surface area contributed by atoms with Gasteiger partial charge in [-0.1, -0.05) is 63.5 Å². The third kappa shape index (κ3) is 15.7. The van der Waals surface area contributed by atoms with Crippen LogP contribution in [0.1, 0.15) is 75.3 Å². The summed E-state index contributed by atoms with van der Waals surface area (Å²) in [5.41, 5.74) is 2.26. The van der Waals surface area contributed by atoms with Gasteiger partial charge in [-0.25, -0.2) is 9.59 Å². The van der Waals surface area contributed by atoms with Crippen molar-refractivity contribution in [3.05, 3.63) is 60.2 Å². The van der Waals surface area contributed by atoms with Crippen molar-refractivity contribution in [2.75, 3.05) is 26.2 Å². The van der Waals surface area contributed by atoms with Crippen LogP contribution in [0.25, 0.3) is 0 Å². The summed E-state index contributed by atoms with van der Waals surface area (Å²) in [6.45, 7) is 2.71. The van der Waals surface area contributed by atoms with E-state index in [0.29, 0.717) is 13.1 Å². The Kier molecular flexibility index (Phi) is 16.2. The third-order valence-electron chi connectivity index (χ3n) is 6.02. The van der Waals surface area contributed by atoms with E-state index in [1.165, 1.54) is 38.5 Å². The molecule has 2 aromatic rings. The van der Waals surface area contributed by atoms with E-state index in [0.717, 1.165) is 62.7 Å². The largest absolute Gasteiger partial charge is 0.338 e. The molecule has 0 aliphatic rings. The maximum absolute atomic E-state index is 11.8. The van der Waals surface area contributed by atoms with Crippen LogP contribution in [0.3, 0.4) is 0 Å². The molecule has 0 spiro atoms. The zero-order valence-electron chi connectivity index (χ0n) is 21.6. The number of nitrogens with one attached hydrogen (secondary N) is 4. The summed E-state index contributed by atoms with van der Waals surface area (Å²) in [4.78, 5) is 31.7. The van der Waals surface area contributed by atoms with Gasteiger partial charge in [0.25, 0.3) is 0 Å². The molecule has 0 aliphatic heterocycles. The molecule has 2 rings (SSSR count). The molecule has 198 valence electrons. The number of amides is 4. The van der Waals surface area contributed by atoms with Crippen LogP contribution >= 0.6 is 0 Å². The van der Waals surface area contributed by atoms with E-state index in [9.17, 15) is 9.59 Å². The highest BCUT2D eigenvalue weighted by molar-refractivity contribution is 5.74. The van der Waals surface area contributed by atoms with Gasteiger partial charge in [0.1, 0.15) is 0 Å². The molecule has 2 aromatic heterocycles. The Bertz CT molecular complexity index is 750. The van der Waals surface area contributed by atoms with Crippen molar-refractivity contribution in [1.29, 1.82) is 0 Å². The fourth-order valence-corrected chi connectivity index (χ4v) is 3.93. The highest BCUT2D eigenvalue weighted by Crippen LogP contribution is 2.10. The van der Waals surface area contributed by atoms with Crippen LogP contribution in [-0.2, 0) is 12.8 Å². The van der Waals surface area contributed by atoms with Gasteiger partial charge in [-0.2, -0.15) is 0 Å². The minimum absolute atomic E-state index is 0.0875. The molecule has 8 heteroatoms. The van der Waals surface area contributed by atoms with Crippen LogP contribution in [0, 0.1) is 0 Å². The molecule has 36 heavy (non-hydrogen) atoms. The van der Waals surface area contributed by atoms with Crippen LogP contribution in [0.15, 0.2) is 49.1 Å². The van der Waals surface area contributed by atoms with Crippen molar-refractivity contribution >= 4 is 12.1 Å². The molecular formula is C28H44N6O2. The van der Waals surface area contributed by atoms with Crippen molar-refractivity contribution in [2.24, 2.45) is 0 Å². The van der Waals surface area contributed by atoms with Crippen LogP contribution in [-0.4, -0.2) is 48.2 Å². The van der Waals surface area contributed by atoms with E-state index >= 15 is 0 Å². The van der Waals surface area contributed by atoms with Gasteiger partial charge in [-0.15, -0.1) is 0 Å². The molecule has 0 atom stereocenters. The lowest BCUT2D eigenvalue weighted by atomic mass is 10.1. The van der Waals surface area contributed by atoms with Gasteiger partial charge in [0.15, 0.2) is 0 Å². The Balaban J connectivity index is 1.26. The van der Waals surface area contributed by atoms with Gasteiger partial charge < -0.3 is 21.3 Å². The first-order valence-corrected chi connectivity index (χ1v) is 13.6. The lowest BCUT2D eigenvalue weighted by molar-refractivity contribution is 0.240. The lowest BCUT2D eigenvalue weighted by Gasteiger charge is -2.08. The molecule has 4 amide bonds. The van der Waals surface area contributed by atoms with E-state index in [2.05, 4.69) is 31.2 Å². The molecule has 2 heterocycles. The van der Waals surface area contributed by atoms with Gasteiger partial charge in [0.2, 0.25) is 0 Å². The quantitative estimate of drug-likeness (QED) is 0.210. The first-order valence-electron chi connectivity index (χ1n) is 13.6. The normalized spacial score (nSPS) is 10.6. The minimum Gasteiger partial charge on any atom is -0.338 e. The second kappa shape index (κ2) is 20.1. The molecule has 8 nitrogen and oxygen atoms in total. The number of hydrogen-bond acceptors (Lipinski definition) is 4. The predicted molar refractivity (Wildman–Crippen MR) is 145 cm³/mol. The Labute approximate surface area is 216 Å². The molecule has 0 saturated carbocycles. The summed E-state index contributed by atoms with van der Waals surface area (Å²) >= 11 is 0. The second-order valence-corrected chi connectivity index (χ2v) is 9.12. The van der Waals surface area contributed by atoms with E-state index < -0.39 is 0 Å². The van der Waals surface area contributed by atoms with Gasteiger partial charge in [-0.3, -0.25) is 9.97 Å². The number of aromatic nitrogens is 2. The lowest BCUT2D eigenvalue weighted by Crippen LogP contribution is -2.37. The van der Waals surface area contributed by atoms with Crippen molar-refractivity contribution in [3.63, 3.8) is 0 Å². The Morgan fingerprint density at radius 3 is 1.25 bits per heavy atom. The number of unbranched alkanes of at least 4 members (excludes halogenated alkanes) is 9. The van der Waals surface area contributed by atoms with Gasteiger partial charge in [-0.05, 0) is 48.9 Å². The predicted octanol–water partition coefficient (Wildman–Crippen LogP) is 4.76. The molecule has 0 aromatic carbocycles. The number of carbonyl (C=O) groups excluding carboxylic acids is 2. The van der Waals surface area contributed by atoms with E-state index in [4.69, 9.17) is 0 Å². The number of rotatable bonds is 19. The standard InChI is InChI=1S/C28H44N6O2/c35-27(33-21-15-25-13-11-17-29-23-25)31-19-9-7-5-3-1-2-4-6-8-10-20-32-28(36)34-22-16-26-14-12-18-30-24-26/h11-14,17-18,23-24H,1-10,15-16,19-22H2,(H2,31,33,35)(H2,32,34,36). The monoisotopic (exact) mass is 496 g/mol. The molecular weight excluding hydrogens is 452 g/mol. The zero-order chi connectivity index (χ0) is 25.5. The summed E-state index contributed by atoms with van der Waals surface area (Å²) in [5, 5.41) is 11.6. The highest BCUT2D eigenvalue weighted by atomic mass is 16.2. The highest BCUT2D eigenvalue weighted by Gasteiger charge is 2.01. The summed E-state index contributed by atoms with van der Waals surface area (Å²) in [7, 11) is 0. The van der Waals surface area contributed by atoms with Crippen LogP contribution < -0.4 is 21.3 Å². The molecule has 0 saturated heterocycles. The third-order valence-corrected chi connectivity index (χ3v) is 6.02. The average Bonchev–Trinajstić information content (AvgIpc) is 2.90. The topological polar surface area (TPSA) is 108 Å². The average molecular weight is 497 g/mol. The first-order chi connectivity index (χ1) is 17.7. The molecule has 0 aliphatic carbocycles. The van der Waals surface area contributed by atoms with Crippen LogP contribution in [0.5, 0.6) is 0 Å². The van der Waals surface area contributed by atoms with Crippen molar-refractivity contribution < 1.29 is 9.59 Å². The fraction of sp³-hybridized carbons (Fsp3) is 0.571. The van der Waals surface area contributed by atoms with Crippen LogP contribution in [0.2, 0.25) is 0 Å². The summed E-state index contributed by atoms with van der Waals surface area (Å²) in [6.07, 6.45) is 20.7. The summed E-state index contributed by atoms with van der Waals surface area (Å²) in [6, 6.07) is 7.67. The first kappa shape index (κ1) is 29.1. The number of nitrogens with zero attached hydrogens (tertiary/aromatic N) is 2. The van der Waals surface area contributed by atoms with Crippen molar-refractivity contribution in [2.45, 2.75) is 77.0 Å². The zero-order valence-corrected chi connectivity index (χ0v) is 21.6. The second-order valence-electron chi connectivity index (χ2n) is 9.12. The molecule has 4 N–H and O–H groups in total. The fourth-order valence-electron chi connectivity index (χ4n) is 3.93. The number of hydrogen-bond donors (Lipinski definition) is 4. The number of carbonyl (C=O) groups is 2. The Morgan fingerprint density at radius 2 is 0.889 bits per heavy atom. The molecule has 0 fully saturated rings.